The Hall–Kier alpha value is -2.74. The first kappa shape index (κ1) is 15.2. The van der Waals surface area contributed by atoms with Crippen molar-refractivity contribution in [2.24, 2.45) is 7.05 Å². The highest BCUT2D eigenvalue weighted by Gasteiger charge is 2.12. The predicted octanol–water partition coefficient (Wildman–Crippen LogP) is 2.55. The van der Waals surface area contributed by atoms with Crippen molar-refractivity contribution >= 4 is 44.2 Å². The summed E-state index contributed by atoms with van der Waals surface area (Å²) in [4.78, 5) is 27.6. The molecule has 0 spiro atoms. The highest BCUT2D eigenvalue weighted by molar-refractivity contribution is 7.22. The van der Waals surface area contributed by atoms with Crippen LogP contribution in [0.4, 0.5) is 10.8 Å². The minimum absolute atomic E-state index is 0.164. The van der Waals surface area contributed by atoms with Gasteiger partial charge in [0.05, 0.1) is 10.2 Å². The van der Waals surface area contributed by atoms with Crippen LogP contribution in [-0.2, 0) is 11.8 Å². The number of hydrogen-bond acceptors (Lipinski definition) is 5. The second kappa shape index (κ2) is 5.81. The monoisotopic (exact) mass is 329 g/mol. The number of aryl methyl sites for hydroxylation is 2. The van der Waals surface area contributed by atoms with Gasteiger partial charge in [-0.05, 0) is 31.2 Å². The Kier molecular flexibility index (Phi) is 3.83. The van der Waals surface area contributed by atoms with Crippen molar-refractivity contribution < 1.29 is 9.59 Å². The lowest BCUT2D eigenvalue weighted by atomic mass is 10.3. The molecule has 0 radical (unpaired) electrons. The van der Waals surface area contributed by atoms with E-state index >= 15 is 0 Å². The molecule has 0 aliphatic carbocycles. The number of benzene rings is 1. The third-order valence-corrected chi connectivity index (χ3v) is 4.21. The van der Waals surface area contributed by atoms with Crippen LogP contribution in [-0.4, -0.2) is 26.6 Å². The predicted molar refractivity (Wildman–Crippen MR) is 89.8 cm³/mol. The van der Waals surface area contributed by atoms with Gasteiger partial charge in [-0.1, -0.05) is 11.3 Å². The molecule has 7 nitrogen and oxygen atoms in total. The molecule has 0 fully saturated rings. The summed E-state index contributed by atoms with van der Waals surface area (Å²) in [7, 11) is 1.79. The van der Waals surface area contributed by atoms with Crippen LogP contribution in [0.1, 0.15) is 23.1 Å². The quantitative estimate of drug-likeness (QED) is 0.773. The van der Waals surface area contributed by atoms with Gasteiger partial charge in [0.25, 0.3) is 5.91 Å². The van der Waals surface area contributed by atoms with Gasteiger partial charge in [-0.25, -0.2) is 4.98 Å². The number of rotatable bonds is 3. The van der Waals surface area contributed by atoms with Crippen LogP contribution in [0, 0.1) is 6.92 Å². The summed E-state index contributed by atoms with van der Waals surface area (Å²) in [5.74, 6) is -0.428. The summed E-state index contributed by atoms with van der Waals surface area (Å²) in [5.41, 5.74) is 2.70. The average molecular weight is 329 g/mol. The van der Waals surface area contributed by atoms with E-state index in [0.717, 1.165) is 15.9 Å². The number of nitrogens with one attached hydrogen (secondary N) is 2. The molecule has 0 bridgehead atoms. The number of hydrogen-bond donors (Lipinski definition) is 2. The molecule has 0 aliphatic rings. The van der Waals surface area contributed by atoms with Gasteiger partial charge in [-0.2, -0.15) is 5.10 Å². The Labute approximate surface area is 136 Å². The second-order valence-corrected chi connectivity index (χ2v) is 6.16. The highest BCUT2D eigenvalue weighted by Crippen LogP contribution is 2.28. The first-order valence-corrected chi connectivity index (χ1v) is 7.74. The van der Waals surface area contributed by atoms with Crippen molar-refractivity contribution in [3.63, 3.8) is 0 Å². The number of carbonyl (C=O) groups is 2. The summed E-state index contributed by atoms with van der Waals surface area (Å²) in [6.45, 7) is 3.32. The van der Waals surface area contributed by atoms with Crippen molar-refractivity contribution in [3.8, 4) is 0 Å². The smallest absolute Gasteiger partial charge is 0.276 e. The van der Waals surface area contributed by atoms with Gasteiger partial charge < -0.3 is 10.6 Å². The molecule has 2 aromatic heterocycles. The van der Waals surface area contributed by atoms with E-state index in [1.54, 1.807) is 29.9 Å². The fraction of sp³-hybridized carbons (Fsp3) is 0.200. The van der Waals surface area contributed by atoms with Gasteiger partial charge >= 0.3 is 0 Å². The first-order valence-electron chi connectivity index (χ1n) is 6.92. The van der Waals surface area contributed by atoms with E-state index in [0.29, 0.717) is 16.5 Å². The van der Waals surface area contributed by atoms with E-state index in [-0.39, 0.29) is 11.8 Å². The summed E-state index contributed by atoms with van der Waals surface area (Å²) in [6, 6.07) is 7.13. The Morgan fingerprint density at radius 2 is 2.00 bits per heavy atom. The molecule has 0 saturated heterocycles. The van der Waals surface area contributed by atoms with Gasteiger partial charge in [0, 0.05) is 25.4 Å². The molecule has 2 heterocycles. The lowest BCUT2D eigenvalue weighted by molar-refractivity contribution is -0.114. The number of nitrogens with zero attached hydrogens (tertiary/aromatic N) is 3. The number of thiazole rings is 1. The number of carbonyl (C=O) groups excluding carboxylic acids is 2. The molecule has 0 saturated carbocycles. The Morgan fingerprint density at radius 1 is 1.22 bits per heavy atom. The molecular formula is C15H15N5O2S. The minimum atomic E-state index is -0.264. The van der Waals surface area contributed by atoms with E-state index in [4.69, 9.17) is 0 Å². The maximum Gasteiger partial charge on any atom is 0.276 e. The standard InChI is InChI=1S/C15H15N5O2S/c1-8-6-12(19-20(8)3)14(22)17-10-4-5-11-13(7-10)23-15(18-11)16-9(2)21/h4-7H,1-3H3,(H,17,22)(H,16,18,21). The normalized spacial score (nSPS) is 10.7. The van der Waals surface area contributed by atoms with Crippen LogP contribution in [0.5, 0.6) is 0 Å². The topological polar surface area (TPSA) is 88.9 Å². The van der Waals surface area contributed by atoms with Crippen LogP contribution in [0.2, 0.25) is 0 Å². The molecule has 0 aliphatic heterocycles. The summed E-state index contributed by atoms with van der Waals surface area (Å²) >= 11 is 1.36. The van der Waals surface area contributed by atoms with Crippen LogP contribution < -0.4 is 10.6 Å². The van der Waals surface area contributed by atoms with Gasteiger partial charge in [-0.3, -0.25) is 14.3 Å². The fourth-order valence-electron chi connectivity index (χ4n) is 2.07. The molecule has 2 N–H and O–H groups in total. The summed E-state index contributed by atoms with van der Waals surface area (Å²) in [6.07, 6.45) is 0. The zero-order chi connectivity index (χ0) is 16.6. The van der Waals surface area contributed by atoms with Crippen molar-refractivity contribution in [3.05, 3.63) is 35.7 Å². The highest BCUT2D eigenvalue weighted by atomic mass is 32.1. The van der Waals surface area contributed by atoms with Crippen molar-refractivity contribution in [2.75, 3.05) is 10.6 Å². The Balaban J connectivity index is 1.82. The molecule has 8 heteroatoms. The van der Waals surface area contributed by atoms with Crippen LogP contribution in [0.3, 0.4) is 0 Å². The van der Waals surface area contributed by atoms with Crippen molar-refractivity contribution in [1.82, 2.24) is 14.8 Å². The lowest BCUT2D eigenvalue weighted by Crippen LogP contribution is -2.12. The third-order valence-electron chi connectivity index (χ3n) is 3.28. The second-order valence-electron chi connectivity index (χ2n) is 5.13. The number of anilines is 2. The van der Waals surface area contributed by atoms with E-state index in [9.17, 15) is 9.59 Å². The zero-order valence-electron chi connectivity index (χ0n) is 12.9. The fourth-order valence-corrected chi connectivity index (χ4v) is 3.02. The first-order chi connectivity index (χ1) is 10.9. The van der Waals surface area contributed by atoms with Gasteiger partial charge in [0.15, 0.2) is 10.8 Å². The van der Waals surface area contributed by atoms with E-state index in [2.05, 4.69) is 20.7 Å². The number of fused-ring (bicyclic) bond motifs is 1. The van der Waals surface area contributed by atoms with Gasteiger partial charge in [-0.15, -0.1) is 0 Å². The third kappa shape index (κ3) is 3.21. The maximum absolute atomic E-state index is 12.2. The van der Waals surface area contributed by atoms with Crippen LogP contribution in [0.25, 0.3) is 10.2 Å². The van der Waals surface area contributed by atoms with Gasteiger partial charge in [0.1, 0.15) is 0 Å². The van der Waals surface area contributed by atoms with Crippen molar-refractivity contribution in [1.29, 1.82) is 0 Å². The van der Waals surface area contributed by atoms with Crippen molar-refractivity contribution in [2.45, 2.75) is 13.8 Å². The maximum atomic E-state index is 12.2. The largest absolute Gasteiger partial charge is 0.321 e. The van der Waals surface area contributed by atoms with E-state index in [1.807, 2.05) is 13.0 Å². The molecule has 3 rings (SSSR count). The van der Waals surface area contributed by atoms with Crippen LogP contribution >= 0.6 is 11.3 Å². The summed E-state index contributed by atoms with van der Waals surface area (Å²) < 4.78 is 2.53. The van der Waals surface area contributed by atoms with Gasteiger partial charge in [0.2, 0.25) is 5.91 Å². The number of aromatic nitrogens is 3. The Bertz CT molecular complexity index is 892. The Morgan fingerprint density at radius 3 is 2.65 bits per heavy atom. The van der Waals surface area contributed by atoms with E-state index in [1.165, 1.54) is 18.3 Å². The molecule has 0 unspecified atom stereocenters. The van der Waals surface area contributed by atoms with Crippen LogP contribution in [0.15, 0.2) is 24.3 Å². The molecule has 23 heavy (non-hydrogen) atoms. The average Bonchev–Trinajstić information content (AvgIpc) is 3.01. The molecule has 3 aromatic rings. The molecule has 2 amide bonds. The lowest BCUT2D eigenvalue weighted by Gasteiger charge is -2.02. The molecule has 118 valence electrons. The molecular weight excluding hydrogens is 314 g/mol. The molecule has 1 aromatic carbocycles. The molecule has 0 atom stereocenters. The minimum Gasteiger partial charge on any atom is -0.321 e. The number of amides is 2. The van der Waals surface area contributed by atoms with E-state index < -0.39 is 0 Å². The summed E-state index contributed by atoms with van der Waals surface area (Å²) in [5, 5.41) is 10.2. The SMILES string of the molecule is CC(=O)Nc1nc2ccc(NC(=O)c3cc(C)n(C)n3)cc2s1. The zero-order valence-corrected chi connectivity index (χ0v) is 13.7.